The van der Waals surface area contributed by atoms with E-state index in [4.69, 9.17) is 10.5 Å². The van der Waals surface area contributed by atoms with Gasteiger partial charge in [0.25, 0.3) is 0 Å². The number of benzene rings is 1. The maximum Gasteiger partial charge on any atom is 0.311 e. The third-order valence-corrected chi connectivity index (χ3v) is 2.74. The van der Waals surface area contributed by atoms with Crippen molar-refractivity contribution in [1.29, 1.82) is 0 Å². The summed E-state index contributed by atoms with van der Waals surface area (Å²) in [4.78, 5) is 14.5. The number of aryl methyl sites for hydroxylation is 1. The monoisotopic (exact) mass is 288 g/mol. The maximum atomic E-state index is 10.9. The smallest absolute Gasteiger partial charge is 0.311 e. The standard InChI is InChI=1S/C14H16N4O3/c1-10-8-13(18(19)20)14(17-9-10)16-6-7-21-12-4-2-11(15)3-5-12/h2-5,8-9H,6-7,15H2,1H3,(H,16,17). The summed E-state index contributed by atoms with van der Waals surface area (Å²) in [5.74, 6) is 0.934. The van der Waals surface area contributed by atoms with Crippen LogP contribution in [0.15, 0.2) is 36.5 Å². The van der Waals surface area contributed by atoms with Gasteiger partial charge in [0.05, 0.1) is 11.5 Å². The largest absolute Gasteiger partial charge is 0.492 e. The molecule has 0 radical (unpaired) electrons. The van der Waals surface area contributed by atoms with Crippen LogP contribution in [-0.4, -0.2) is 23.1 Å². The average Bonchev–Trinajstić information content (AvgIpc) is 2.46. The van der Waals surface area contributed by atoms with Gasteiger partial charge in [-0.05, 0) is 36.8 Å². The molecule has 0 bridgehead atoms. The first-order valence-electron chi connectivity index (χ1n) is 6.39. The normalized spacial score (nSPS) is 10.1. The molecule has 7 heteroatoms. The Kier molecular flexibility index (Phi) is 4.55. The van der Waals surface area contributed by atoms with Crippen molar-refractivity contribution in [2.45, 2.75) is 6.92 Å². The molecule has 3 N–H and O–H groups in total. The number of aromatic nitrogens is 1. The molecule has 0 spiro atoms. The Morgan fingerprint density at radius 2 is 2.10 bits per heavy atom. The molecule has 0 aliphatic heterocycles. The lowest BCUT2D eigenvalue weighted by atomic mass is 10.3. The fraction of sp³-hybridized carbons (Fsp3) is 0.214. The molecule has 7 nitrogen and oxygen atoms in total. The third kappa shape index (κ3) is 4.07. The first-order chi connectivity index (χ1) is 10.1. The summed E-state index contributed by atoms with van der Waals surface area (Å²) < 4.78 is 5.49. The molecule has 0 saturated heterocycles. The zero-order valence-corrected chi connectivity index (χ0v) is 11.6. The number of anilines is 2. The third-order valence-electron chi connectivity index (χ3n) is 2.74. The van der Waals surface area contributed by atoms with Gasteiger partial charge in [-0.3, -0.25) is 10.1 Å². The second kappa shape index (κ2) is 6.56. The molecular weight excluding hydrogens is 272 g/mol. The van der Waals surface area contributed by atoms with Gasteiger partial charge in [-0.1, -0.05) is 0 Å². The second-order valence-electron chi connectivity index (χ2n) is 4.48. The van der Waals surface area contributed by atoms with Crippen LogP contribution in [0.25, 0.3) is 0 Å². The highest BCUT2D eigenvalue weighted by molar-refractivity contribution is 5.56. The van der Waals surface area contributed by atoms with Gasteiger partial charge >= 0.3 is 5.69 Å². The molecule has 0 aliphatic rings. The lowest BCUT2D eigenvalue weighted by Crippen LogP contribution is -2.13. The molecule has 1 heterocycles. The van der Waals surface area contributed by atoms with Gasteiger partial charge in [0, 0.05) is 18.0 Å². The summed E-state index contributed by atoms with van der Waals surface area (Å²) in [7, 11) is 0. The fourth-order valence-corrected chi connectivity index (χ4v) is 1.73. The average molecular weight is 288 g/mol. The summed E-state index contributed by atoms with van der Waals surface area (Å²) in [6.07, 6.45) is 1.58. The molecule has 0 aliphatic carbocycles. The van der Waals surface area contributed by atoms with Gasteiger partial charge in [0.15, 0.2) is 0 Å². The van der Waals surface area contributed by atoms with E-state index in [9.17, 15) is 10.1 Å². The lowest BCUT2D eigenvalue weighted by molar-refractivity contribution is -0.384. The minimum atomic E-state index is -0.455. The van der Waals surface area contributed by atoms with Crippen molar-refractivity contribution < 1.29 is 9.66 Å². The number of nitrogens with zero attached hydrogens (tertiary/aromatic N) is 2. The van der Waals surface area contributed by atoms with Crippen LogP contribution < -0.4 is 15.8 Å². The Hall–Kier alpha value is -2.83. The van der Waals surface area contributed by atoms with E-state index in [0.29, 0.717) is 24.6 Å². The highest BCUT2D eigenvalue weighted by Gasteiger charge is 2.14. The Morgan fingerprint density at radius 3 is 2.76 bits per heavy atom. The van der Waals surface area contributed by atoms with Crippen LogP contribution in [0, 0.1) is 17.0 Å². The van der Waals surface area contributed by atoms with Crippen molar-refractivity contribution in [2.24, 2.45) is 0 Å². The fourth-order valence-electron chi connectivity index (χ4n) is 1.73. The van der Waals surface area contributed by atoms with Crippen molar-refractivity contribution in [3.05, 3.63) is 52.2 Å². The summed E-state index contributed by atoms with van der Waals surface area (Å²) >= 11 is 0. The Morgan fingerprint density at radius 1 is 1.38 bits per heavy atom. The van der Waals surface area contributed by atoms with Gasteiger partial charge in [-0.2, -0.15) is 0 Å². The first-order valence-corrected chi connectivity index (χ1v) is 6.39. The van der Waals surface area contributed by atoms with Crippen LogP contribution in [-0.2, 0) is 0 Å². The van der Waals surface area contributed by atoms with Crippen LogP contribution in [0.1, 0.15) is 5.56 Å². The number of nitrogens with one attached hydrogen (secondary N) is 1. The van der Waals surface area contributed by atoms with Gasteiger partial charge in [-0.15, -0.1) is 0 Å². The second-order valence-corrected chi connectivity index (χ2v) is 4.48. The van der Waals surface area contributed by atoms with Crippen molar-refractivity contribution in [1.82, 2.24) is 4.98 Å². The molecule has 2 rings (SSSR count). The molecule has 1 aromatic carbocycles. The molecule has 21 heavy (non-hydrogen) atoms. The van der Waals surface area contributed by atoms with Gasteiger partial charge in [0.2, 0.25) is 5.82 Å². The minimum Gasteiger partial charge on any atom is -0.492 e. The van der Waals surface area contributed by atoms with E-state index in [1.807, 2.05) is 0 Å². The van der Waals surface area contributed by atoms with Crippen LogP contribution in [0.2, 0.25) is 0 Å². The summed E-state index contributed by atoms with van der Waals surface area (Å²) in [5.41, 5.74) is 6.94. The van der Waals surface area contributed by atoms with E-state index >= 15 is 0 Å². The number of pyridine rings is 1. The Labute approximate surface area is 121 Å². The Bertz CT molecular complexity index is 629. The number of nitro groups is 1. The SMILES string of the molecule is Cc1cnc(NCCOc2ccc(N)cc2)c([N+](=O)[O-])c1. The summed E-state index contributed by atoms with van der Waals surface area (Å²) in [6, 6.07) is 8.50. The summed E-state index contributed by atoms with van der Waals surface area (Å²) in [6.45, 7) is 2.52. The van der Waals surface area contributed by atoms with Crippen LogP contribution in [0.4, 0.5) is 17.2 Å². The molecule has 0 saturated carbocycles. The number of nitrogen functional groups attached to an aromatic ring is 1. The van der Waals surface area contributed by atoms with Crippen LogP contribution >= 0.6 is 0 Å². The highest BCUT2D eigenvalue weighted by Crippen LogP contribution is 2.22. The first kappa shape index (κ1) is 14.6. The number of nitrogens with two attached hydrogens (primary N) is 1. The Balaban J connectivity index is 1.89. The number of hydrogen-bond acceptors (Lipinski definition) is 6. The van der Waals surface area contributed by atoms with Crippen molar-refractivity contribution in [3.63, 3.8) is 0 Å². The van der Waals surface area contributed by atoms with E-state index < -0.39 is 4.92 Å². The van der Waals surface area contributed by atoms with E-state index in [0.717, 1.165) is 5.56 Å². The number of hydrogen-bond donors (Lipinski definition) is 2. The zero-order chi connectivity index (χ0) is 15.2. The molecule has 0 fully saturated rings. The zero-order valence-electron chi connectivity index (χ0n) is 11.6. The van der Waals surface area contributed by atoms with Crippen molar-refractivity contribution >= 4 is 17.2 Å². The van der Waals surface area contributed by atoms with E-state index in [1.54, 1.807) is 37.4 Å². The molecule has 110 valence electrons. The maximum absolute atomic E-state index is 10.9. The predicted molar refractivity (Wildman–Crippen MR) is 80.5 cm³/mol. The van der Waals surface area contributed by atoms with E-state index in [2.05, 4.69) is 10.3 Å². The number of rotatable bonds is 6. The van der Waals surface area contributed by atoms with Crippen LogP contribution in [0.3, 0.4) is 0 Å². The molecular formula is C14H16N4O3. The summed E-state index contributed by atoms with van der Waals surface area (Å²) in [5, 5.41) is 13.8. The van der Waals surface area contributed by atoms with Gasteiger partial charge < -0.3 is 15.8 Å². The lowest BCUT2D eigenvalue weighted by Gasteiger charge is -2.08. The van der Waals surface area contributed by atoms with Gasteiger partial charge in [-0.25, -0.2) is 4.98 Å². The molecule has 0 amide bonds. The highest BCUT2D eigenvalue weighted by atomic mass is 16.6. The molecule has 0 atom stereocenters. The van der Waals surface area contributed by atoms with Gasteiger partial charge in [0.1, 0.15) is 12.4 Å². The number of ether oxygens (including phenoxy) is 1. The predicted octanol–water partition coefficient (Wildman–Crippen LogP) is 2.37. The van der Waals surface area contributed by atoms with Crippen molar-refractivity contribution in [3.8, 4) is 5.75 Å². The minimum absolute atomic E-state index is 0.0394. The van der Waals surface area contributed by atoms with Crippen LogP contribution in [0.5, 0.6) is 5.75 Å². The van der Waals surface area contributed by atoms with E-state index in [1.165, 1.54) is 6.07 Å². The quantitative estimate of drug-likeness (QED) is 0.366. The van der Waals surface area contributed by atoms with Crippen molar-refractivity contribution in [2.75, 3.05) is 24.2 Å². The molecule has 1 aromatic heterocycles. The van der Waals surface area contributed by atoms with E-state index in [-0.39, 0.29) is 11.5 Å². The molecule has 2 aromatic rings. The molecule has 0 unspecified atom stereocenters. The topological polar surface area (TPSA) is 103 Å².